The van der Waals surface area contributed by atoms with E-state index in [1.54, 1.807) is 18.2 Å². The summed E-state index contributed by atoms with van der Waals surface area (Å²) in [5.74, 6) is 0.815. The molecule has 1 heterocycles. The Balaban J connectivity index is 2.69. The minimum absolute atomic E-state index is 0.282. The second-order valence-corrected chi connectivity index (χ2v) is 3.20. The first-order valence-corrected chi connectivity index (χ1v) is 4.34. The van der Waals surface area contributed by atoms with Gasteiger partial charge in [0.2, 0.25) is 0 Å². The Morgan fingerprint density at radius 3 is 2.86 bits per heavy atom. The molecule has 72 valence electrons. The van der Waals surface area contributed by atoms with Gasteiger partial charge in [-0.25, -0.2) is 0 Å². The van der Waals surface area contributed by atoms with Crippen LogP contribution in [-0.2, 0) is 0 Å². The fraction of sp³-hybridized carbons (Fsp3) is 0.100. The highest BCUT2D eigenvalue weighted by molar-refractivity contribution is 6.32. The summed E-state index contributed by atoms with van der Waals surface area (Å²) in [5, 5.41) is 1.29. The van der Waals surface area contributed by atoms with E-state index in [1.807, 2.05) is 0 Å². The molecule has 0 radical (unpaired) electrons. The van der Waals surface area contributed by atoms with Gasteiger partial charge in [0.05, 0.1) is 12.1 Å². The molecule has 0 aliphatic rings. The summed E-state index contributed by atoms with van der Waals surface area (Å²) in [7, 11) is 1.52. The van der Waals surface area contributed by atoms with Gasteiger partial charge < -0.3 is 9.15 Å². The van der Waals surface area contributed by atoms with Crippen molar-refractivity contribution >= 4 is 28.9 Å². The topological polar surface area (TPSA) is 39.4 Å². The van der Waals surface area contributed by atoms with Crippen LogP contribution in [0.15, 0.2) is 22.6 Å². The van der Waals surface area contributed by atoms with Crippen LogP contribution < -0.4 is 4.74 Å². The Morgan fingerprint density at radius 1 is 1.43 bits per heavy atom. The number of halogens is 1. The van der Waals surface area contributed by atoms with Crippen LogP contribution in [0, 0.1) is 0 Å². The summed E-state index contributed by atoms with van der Waals surface area (Å²) >= 11 is 5.90. The second kappa shape index (κ2) is 3.35. The van der Waals surface area contributed by atoms with Crippen molar-refractivity contribution in [2.24, 2.45) is 0 Å². The van der Waals surface area contributed by atoms with Gasteiger partial charge in [0, 0.05) is 11.5 Å². The van der Waals surface area contributed by atoms with E-state index >= 15 is 0 Å². The maximum Gasteiger partial charge on any atom is 0.185 e. The highest BCUT2D eigenvalue weighted by Gasteiger charge is 2.07. The number of hydrogen-bond acceptors (Lipinski definition) is 3. The van der Waals surface area contributed by atoms with Gasteiger partial charge in [-0.05, 0) is 12.1 Å². The average molecular weight is 211 g/mol. The SMILES string of the molecule is COc1cc2oc(C=O)cc2cc1Cl. The Kier molecular flexibility index (Phi) is 2.17. The van der Waals surface area contributed by atoms with Crippen molar-refractivity contribution in [3.63, 3.8) is 0 Å². The molecule has 0 saturated heterocycles. The Labute approximate surface area is 85.2 Å². The van der Waals surface area contributed by atoms with Crippen molar-refractivity contribution < 1.29 is 13.9 Å². The van der Waals surface area contributed by atoms with Crippen LogP contribution >= 0.6 is 11.6 Å². The number of hydrogen-bond donors (Lipinski definition) is 0. The summed E-state index contributed by atoms with van der Waals surface area (Å²) in [6.07, 6.45) is 0.653. The number of ether oxygens (including phenoxy) is 1. The molecule has 0 aliphatic carbocycles. The Hall–Kier alpha value is -1.48. The fourth-order valence-corrected chi connectivity index (χ4v) is 1.52. The summed E-state index contributed by atoms with van der Waals surface area (Å²) in [6.45, 7) is 0. The van der Waals surface area contributed by atoms with Crippen molar-refractivity contribution in [2.45, 2.75) is 0 Å². The standard InChI is InChI=1S/C10H7ClO3/c1-13-10-4-9-6(3-8(10)11)2-7(5-12)14-9/h2-5H,1H3. The maximum atomic E-state index is 10.5. The average Bonchev–Trinajstić information content (AvgIpc) is 2.58. The van der Waals surface area contributed by atoms with Crippen LogP contribution in [-0.4, -0.2) is 13.4 Å². The molecule has 0 spiro atoms. The minimum atomic E-state index is 0.282. The zero-order valence-electron chi connectivity index (χ0n) is 7.41. The van der Waals surface area contributed by atoms with Crippen LogP contribution in [0.5, 0.6) is 5.75 Å². The van der Waals surface area contributed by atoms with Crippen LogP contribution in [0.1, 0.15) is 10.6 Å². The van der Waals surface area contributed by atoms with Crippen LogP contribution in [0.25, 0.3) is 11.0 Å². The van der Waals surface area contributed by atoms with Gasteiger partial charge in [-0.2, -0.15) is 0 Å². The number of furan rings is 1. The Bertz CT molecular complexity index is 487. The van der Waals surface area contributed by atoms with Gasteiger partial charge in [0.1, 0.15) is 11.3 Å². The van der Waals surface area contributed by atoms with Crippen LogP contribution in [0.4, 0.5) is 0 Å². The van der Waals surface area contributed by atoms with Gasteiger partial charge in [-0.3, -0.25) is 4.79 Å². The number of carbonyl (C=O) groups is 1. The molecule has 0 atom stereocenters. The fourth-order valence-electron chi connectivity index (χ4n) is 1.28. The van der Waals surface area contributed by atoms with E-state index in [0.717, 1.165) is 5.39 Å². The molecule has 0 saturated carbocycles. The molecule has 2 rings (SSSR count). The lowest BCUT2D eigenvalue weighted by Crippen LogP contribution is -1.82. The van der Waals surface area contributed by atoms with Gasteiger partial charge >= 0.3 is 0 Å². The smallest absolute Gasteiger partial charge is 0.185 e. The van der Waals surface area contributed by atoms with E-state index in [4.69, 9.17) is 20.8 Å². The van der Waals surface area contributed by atoms with Gasteiger partial charge in [0.25, 0.3) is 0 Å². The monoisotopic (exact) mass is 210 g/mol. The normalized spacial score (nSPS) is 10.4. The lowest BCUT2D eigenvalue weighted by atomic mass is 10.2. The molecule has 0 fully saturated rings. The Morgan fingerprint density at radius 2 is 2.21 bits per heavy atom. The third-order valence-corrected chi connectivity index (χ3v) is 2.22. The van der Waals surface area contributed by atoms with Crippen molar-refractivity contribution in [1.82, 2.24) is 0 Å². The molecule has 0 unspecified atom stereocenters. The first-order chi connectivity index (χ1) is 6.74. The number of aldehydes is 1. The number of carbonyl (C=O) groups excluding carboxylic acids is 1. The molecule has 0 amide bonds. The molecular weight excluding hydrogens is 204 g/mol. The minimum Gasteiger partial charge on any atom is -0.495 e. The van der Waals surface area contributed by atoms with E-state index in [-0.39, 0.29) is 5.76 Å². The summed E-state index contributed by atoms with van der Waals surface area (Å²) in [6, 6.07) is 4.99. The van der Waals surface area contributed by atoms with E-state index in [2.05, 4.69) is 0 Å². The zero-order chi connectivity index (χ0) is 10.1. The highest BCUT2D eigenvalue weighted by atomic mass is 35.5. The van der Waals surface area contributed by atoms with E-state index in [0.29, 0.717) is 22.6 Å². The highest BCUT2D eigenvalue weighted by Crippen LogP contribution is 2.31. The molecule has 1 aromatic carbocycles. The molecule has 4 heteroatoms. The lowest BCUT2D eigenvalue weighted by Gasteiger charge is -2.00. The molecule has 0 bridgehead atoms. The van der Waals surface area contributed by atoms with E-state index in [1.165, 1.54) is 7.11 Å². The number of methoxy groups -OCH3 is 1. The third-order valence-electron chi connectivity index (χ3n) is 1.93. The summed E-state index contributed by atoms with van der Waals surface area (Å²) in [4.78, 5) is 10.5. The quantitative estimate of drug-likeness (QED) is 0.716. The maximum absolute atomic E-state index is 10.5. The molecular formula is C10H7ClO3. The van der Waals surface area contributed by atoms with Crippen LogP contribution in [0.3, 0.4) is 0 Å². The van der Waals surface area contributed by atoms with Gasteiger partial charge in [0.15, 0.2) is 12.0 Å². The van der Waals surface area contributed by atoms with Gasteiger partial charge in [-0.15, -0.1) is 0 Å². The van der Waals surface area contributed by atoms with E-state index in [9.17, 15) is 4.79 Å². The molecule has 2 aromatic rings. The number of fused-ring (bicyclic) bond motifs is 1. The van der Waals surface area contributed by atoms with Crippen molar-refractivity contribution in [3.05, 3.63) is 29.0 Å². The second-order valence-electron chi connectivity index (χ2n) is 2.79. The summed E-state index contributed by atoms with van der Waals surface area (Å²) < 4.78 is 10.2. The molecule has 14 heavy (non-hydrogen) atoms. The lowest BCUT2D eigenvalue weighted by molar-refractivity contribution is 0.110. The first-order valence-electron chi connectivity index (χ1n) is 3.97. The first kappa shape index (κ1) is 9.09. The van der Waals surface area contributed by atoms with Crippen molar-refractivity contribution in [1.29, 1.82) is 0 Å². The molecule has 0 N–H and O–H groups in total. The molecule has 3 nitrogen and oxygen atoms in total. The predicted molar refractivity (Wildman–Crippen MR) is 53.2 cm³/mol. The van der Waals surface area contributed by atoms with Crippen molar-refractivity contribution in [3.8, 4) is 5.75 Å². The van der Waals surface area contributed by atoms with Crippen molar-refractivity contribution in [2.75, 3.05) is 7.11 Å². The largest absolute Gasteiger partial charge is 0.495 e. The van der Waals surface area contributed by atoms with Crippen LogP contribution in [0.2, 0.25) is 5.02 Å². The molecule has 1 aromatic heterocycles. The summed E-state index contributed by atoms with van der Waals surface area (Å²) in [5.41, 5.74) is 0.591. The van der Waals surface area contributed by atoms with E-state index < -0.39 is 0 Å². The third kappa shape index (κ3) is 1.36. The number of benzene rings is 1. The number of rotatable bonds is 2. The zero-order valence-corrected chi connectivity index (χ0v) is 8.17. The molecule has 0 aliphatic heterocycles. The predicted octanol–water partition coefficient (Wildman–Crippen LogP) is 2.91. The van der Waals surface area contributed by atoms with Gasteiger partial charge in [-0.1, -0.05) is 11.6 Å².